The summed E-state index contributed by atoms with van der Waals surface area (Å²) in [5, 5.41) is 8.34. The monoisotopic (exact) mass is 129 g/mol. The third-order valence-electron chi connectivity index (χ3n) is 1.07. The SMILES string of the molecule is CC1=N[C@@H](C(=O)O)CO1. The average Bonchev–Trinajstić information content (AvgIpc) is 2.14. The lowest BCUT2D eigenvalue weighted by atomic mass is 10.3. The van der Waals surface area contributed by atoms with Gasteiger partial charge in [-0.2, -0.15) is 0 Å². The van der Waals surface area contributed by atoms with Gasteiger partial charge in [0.2, 0.25) is 0 Å². The van der Waals surface area contributed by atoms with Crippen molar-refractivity contribution in [3.8, 4) is 0 Å². The number of carbonyl (C=O) groups is 1. The van der Waals surface area contributed by atoms with E-state index < -0.39 is 12.0 Å². The molecule has 4 nitrogen and oxygen atoms in total. The third-order valence-corrected chi connectivity index (χ3v) is 1.07. The van der Waals surface area contributed by atoms with E-state index in [1.54, 1.807) is 6.92 Å². The van der Waals surface area contributed by atoms with Crippen molar-refractivity contribution in [2.75, 3.05) is 6.61 Å². The van der Waals surface area contributed by atoms with Gasteiger partial charge in [0.1, 0.15) is 6.61 Å². The normalized spacial score (nSPS) is 25.0. The molecular weight excluding hydrogens is 122 g/mol. The summed E-state index contributed by atoms with van der Waals surface area (Å²) in [5.74, 6) is -0.464. The Morgan fingerprint density at radius 1 is 2.00 bits per heavy atom. The van der Waals surface area contributed by atoms with Crippen LogP contribution >= 0.6 is 0 Å². The van der Waals surface area contributed by atoms with Gasteiger partial charge in [-0.1, -0.05) is 0 Å². The molecule has 0 saturated carbocycles. The fourth-order valence-corrected chi connectivity index (χ4v) is 0.620. The number of ether oxygens (including phenoxy) is 1. The van der Waals surface area contributed by atoms with Gasteiger partial charge in [-0.05, 0) is 0 Å². The third kappa shape index (κ3) is 1.19. The molecule has 1 rings (SSSR count). The Labute approximate surface area is 52.2 Å². The van der Waals surface area contributed by atoms with Crippen LogP contribution < -0.4 is 0 Å². The average molecular weight is 129 g/mol. The van der Waals surface area contributed by atoms with Crippen LogP contribution in [0.3, 0.4) is 0 Å². The van der Waals surface area contributed by atoms with Gasteiger partial charge in [0.25, 0.3) is 0 Å². The van der Waals surface area contributed by atoms with E-state index in [9.17, 15) is 4.79 Å². The molecule has 0 spiro atoms. The molecule has 50 valence electrons. The molecule has 0 saturated heterocycles. The number of rotatable bonds is 1. The van der Waals surface area contributed by atoms with E-state index in [4.69, 9.17) is 9.84 Å². The van der Waals surface area contributed by atoms with Crippen LogP contribution in [0.5, 0.6) is 0 Å². The Hall–Kier alpha value is -1.06. The number of hydrogen-bond acceptors (Lipinski definition) is 3. The van der Waals surface area contributed by atoms with E-state index in [-0.39, 0.29) is 6.61 Å². The van der Waals surface area contributed by atoms with E-state index in [0.717, 1.165) is 0 Å². The minimum absolute atomic E-state index is 0.182. The molecular formula is C5H7NO3. The highest BCUT2D eigenvalue weighted by molar-refractivity contribution is 5.83. The number of aliphatic carboxylic acids is 1. The topological polar surface area (TPSA) is 58.9 Å². The molecule has 0 radical (unpaired) electrons. The maximum absolute atomic E-state index is 10.2. The highest BCUT2D eigenvalue weighted by atomic mass is 16.5. The van der Waals surface area contributed by atoms with Crippen molar-refractivity contribution in [3.05, 3.63) is 0 Å². The number of nitrogens with zero attached hydrogens (tertiary/aromatic N) is 1. The van der Waals surface area contributed by atoms with E-state index in [1.165, 1.54) is 0 Å². The lowest BCUT2D eigenvalue weighted by molar-refractivity contribution is -0.138. The molecule has 0 amide bonds. The van der Waals surface area contributed by atoms with Gasteiger partial charge in [-0.25, -0.2) is 9.79 Å². The van der Waals surface area contributed by atoms with E-state index in [0.29, 0.717) is 5.90 Å². The Kier molecular flexibility index (Phi) is 1.38. The summed E-state index contributed by atoms with van der Waals surface area (Å²) < 4.78 is 4.80. The Morgan fingerprint density at radius 3 is 2.89 bits per heavy atom. The molecule has 0 bridgehead atoms. The maximum Gasteiger partial charge on any atom is 0.332 e. The van der Waals surface area contributed by atoms with Crippen LogP contribution in [-0.4, -0.2) is 29.6 Å². The molecule has 1 aliphatic rings. The van der Waals surface area contributed by atoms with Gasteiger partial charge < -0.3 is 9.84 Å². The number of carboxylic acids is 1. The summed E-state index contributed by atoms with van der Waals surface area (Å²) >= 11 is 0. The zero-order valence-electron chi connectivity index (χ0n) is 5.00. The summed E-state index contributed by atoms with van der Waals surface area (Å²) in [6.07, 6.45) is 0. The quantitative estimate of drug-likeness (QED) is 0.537. The smallest absolute Gasteiger partial charge is 0.332 e. The zero-order chi connectivity index (χ0) is 6.85. The van der Waals surface area contributed by atoms with E-state index in [2.05, 4.69) is 4.99 Å². The first-order valence-electron chi connectivity index (χ1n) is 2.60. The standard InChI is InChI=1S/C5H7NO3/c1-3-6-4(2-9-3)5(7)8/h4H,2H2,1H3,(H,7,8)/t4-/m1/s1. The molecule has 0 aromatic rings. The van der Waals surface area contributed by atoms with Gasteiger partial charge in [0.05, 0.1) is 0 Å². The van der Waals surface area contributed by atoms with Gasteiger partial charge in [0.15, 0.2) is 11.9 Å². The van der Waals surface area contributed by atoms with E-state index in [1.807, 2.05) is 0 Å². The van der Waals surface area contributed by atoms with E-state index >= 15 is 0 Å². The first kappa shape index (κ1) is 6.07. The second-order valence-corrected chi connectivity index (χ2v) is 1.81. The second kappa shape index (κ2) is 2.05. The molecule has 0 aromatic heterocycles. The van der Waals surface area contributed by atoms with Gasteiger partial charge in [0, 0.05) is 6.92 Å². The molecule has 1 N–H and O–H groups in total. The van der Waals surface area contributed by atoms with Crippen LogP contribution in [0, 0.1) is 0 Å². The number of aliphatic imine (C=N–C) groups is 1. The minimum Gasteiger partial charge on any atom is -0.480 e. The Bertz CT molecular complexity index is 164. The Balaban J connectivity index is 2.57. The molecule has 0 aromatic carbocycles. The van der Waals surface area contributed by atoms with Crippen LogP contribution in [-0.2, 0) is 9.53 Å². The lowest BCUT2D eigenvalue weighted by Crippen LogP contribution is -2.18. The fraction of sp³-hybridized carbons (Fsp3) is 0.600. The predicted octanol–water partition coefficient (Wildman–Crippen LogP) is -0.112. The molecule has 1 aliphatic heterocycles. The molecule has 9 heavy (non-hydrogen) atoms. The highest BCUT2D eigenvalue weighted by Crippen LogP contribution is 2.02. The van der Waals surface area contributed by atoms with Crippen LogP contribution in [0.15, 0.2) is 4.99 Å². The maximum atomic E-state index is 10.2. The van der Waals surface area contributed by atoms with Crippen molar-refractivity contribution < 1.29 is 14.6 Å². The minimum atomic E-state index is -0.924. The zero-order valence-corrected chi connectivity index (χ0v) is 5.00. The highest BCUT2D eigenvalue weighted by Gasteiger charge is 2.22. The first-order valence-corrected chi connectivity index (χ1v) is 2.60. The molecule has 1 heterocycles. The first-order chi connectivity index (χ1) is 4.20. The van der Waals surface area contributed by atoms with Crippen molar-refractivity contribution >= 4 is 11.9 Å². The number of carboxylic acid groups (broad SMARTS) is 1. The molecule has 0 fully saturated rings. The summed E-state index contributed by atoms with van der Waals surface area (Å²) in [6.45, 7) is 1.82. The van der Waals surface area contributed by atoms with Crippen LogP contribution in [0.2, 0.25) is 0 Å². The summed E-state index contributed by atoms with van der Waals surface area (Å²) in [7, 11) is 0. The molecule has 0 unspecified atom stereocenters. The van der Waals surface area contributed by atoms with Crippen LogP contribution in [0.25, 0.3) is 0 Å². The van der Waals surface area contributed by atoms with Gasteiger partial charge in [-0.3, -0.25) is 0 Å². The molecule has 1 atom stereocenters. The van der Waals surface area contributed by atoms with Crippen LogP contribution in [0.1, 0.15) is 6.92 Å². The fourth-order valence-electron chi connectivity index (χ4n) is 0.620. The van der Waals surface area contributed by atoms with Gasteiger partial charge in [-0.15, -0.1) is 0 Å². The summed E-state index contributed by atoms with van der Waals surface area (Å²) in [5.41, 5.74) is 0. The lowest BCUT2D eigenvalue weighted by Gasteiger charge is -1.94. The molecule has 4 heteroatoms. The predicted molar refractivity (Wildman–Crippen MR) is 30.5 cm³/mol. The Morgan fingerprint density at radius 2 is 2.67 bits per heavy atom. The van der Waals surface area contributed by atoms with Crippen molar-refractivity contribution in [1.82, 2.24) is 0 Å². The van der Waals surface area contributed by atoms with Crippen molar-refractivity contribution in [3.63, 3.8) is 0 Å². The largest absolute Gasteiger partial charge is 0.480 e. The van der Waals surface area contributed by atoms with Crippen molar-refractivity contribution in [2.45, 2.75) is 13.0 Å². The summed E-state index contributed by atoms with van der Waals surface area (Å²) in [6, 6.07) is -0.676. The van der Waals surface area contributed by atoms with Gasteiger partial charge >= 0.3 is 5.97 Å². The van der Waals surface area contributed by atoms with Crippen LogP contribution in [0.4, 0.5) is 0 Å². The van der Waals surface area contributed by atoms with Crippen molar-refractivity contribution in [1.29, 1.82) is 0 Å². The second-order valence-electron chi connectivity index (χ2n) is 1.81. The number of hydrogen-bond donors (Lipinski definition) is 1. The van der Waals surface area contributed by atoms with Crippen molar-refractivity contribution in [2.24, 2.45) is 4.99 Å². The molecule has 0 aliphatic carbocycles. The summed E-state index contributed by atoms with van der Waals surface area (Å²) in [4.78, 5) is 13.8.